The summed E-state index contributed by atoms with van der Waals surface area (Å²) in [5, 5.41) is 20.5. The molecular weight excluding hydrogens is 684 g/mol. The number of likely N-dealkylation sites (N-methyl/N-ethyl adjacent to an activating group) is 1. The minimum Gasteiger partial charge on any atom is -0.508 e. The predicted molar refractivity (Wildman–Crippen MR) is 193 cm³/mol. The maximum atomic E-state index is 14.4. The number of nitrogens with one attached hydrogen (secondary N) is 4. The Balaban J connectivity index is 1.79. The number of cyclic esters (lactones) is 1. The number of rotatable bonds is 6. The molecule has 0 spiro atoms. The molecule has 0 saturated carbocycles. The van der Waals surface area contributed by atoms with E-state index in [1.54, 1.807) is 50.2 Å². The molecule has 0 bridgehead atoms. The van der Waals surface area contributed by atoms with Crippen molar-refractivity contribution < 1.29 is 43.4 Å². The van der Waals surface area contributed by atoms with E-state index in [1.165, 1.54) is 49.8 Å². The Morgan fingerprint density at radius 3 is 2.13 bits per heavy atom. The van der Waals surface area contributed by atoms with Crippen LogP contribution in [-0.2, 0) is 51.1 Å². The van der Waals surface area contributed by atoms with Crippen molar-refractivity contribution in [3.05, 3.63) is 65.7 Å². The van der Waals surface area contributed by atoms with Gasteiger partial charge in [0.05, 0.1) is 0 Å². The highest BCUT2D eigenvalue weighted by atomic mass is 16.5. The second-order valence-corrected chi connectivity index (χ2v) is 14.1. The first-order chi connectivity index (χ1) is 25.1. The number of carbonyl (C=O) groups excluding carboxylic acids is 7. The Morgan fingerprint density at radius 1 is 0.868 bits per heavy atom. The molecule has 0 radical (unpaired) electrons. The maximum absolute atomic E-state index is 14.4. The molecule has 2 aliphatic heterocycles. The van der Waals surface area contributed by atoms with Crippen LogP contribution in [0.5, 0.6) is 5.75 Å². The van der Waals surface area contributed by atoms with E-state index in [4.69, 9.17) is 4.74 Å². The summed E-state index contributed by atoms with van der Waals surface area (Å²) >= 11 is 0. The minimum atomic E-state index is -1.40. The highest BCUT2D eigenvalue weighted by Gasteiger charge is 2.42. The zero-order chi connectivity index (χ0) is 39.0. The van der Waals surface area contributed by atoms with Crippen LogP contribution in [-0.4, -0.2) is 112 Å². The average molecular weight is 735 g/mol. The van der Waals surface area contributed by atoms with E-state index in [1.807, 2.05) is 6.07 Å². The third kappa shape index (κ3) is 10.3. The summed E-state index contributed by atoms with van der Waals surface area (Å²) < 4.78 is 5.58. The van der Waals surface area contributed by atoms with Crippen molar-refractivity contribution in [3.8, 4) is 5.75 Å². The summed E-state index contributed by atoms with van der Waals surface area (Å²) in [6, 6.07) is 7.99. The summed E-state index contributed by atoms with van der Waals surface area (Å²) in [6.07, 6.45) is -0.404. The molecule has 2 aromatic rings. The summed E-state index contributed by atoms with van der Waals surface area (Å²) in [4.78, 5) is 98.4. The van der Waals surface area contributed by atoms with Crippen molar-refractivity contribution in [3.63, 3.8) is 0 Å². The minimum absolute atomic E-state index is 0.00856. The van der Waals surface area contributed by atoms with Crippen molar-refractivity contribution in [2.45, 2.75) is 103 Å². The number of nitrogens with zero attached hydrogens (tertiary/aromatic N) is 2. The van der Waals surface area contributed by atoms with E-state index in [0.717, 1.165) is 5.56 Å². The molecule has 2 saturated heterocycles. The number of phenols is 1. The summed E-state index contributed by atoms with van der Waals surface area (Å²) in [7, 11) is 1.44. The highest BCUT2D eigenvalue weighted by Crippen LogP contribution is 2.22. The number of amides is 6. The van der Waals surface area contributed by atoms with Crippen LogP contribution in [0.25, 0.3) is 0 Å². The molecule has 6 amide bonds. The van der Waals surface area contributed by atoms with Crippen LogP contribution in [0.3, 0.4) is 0 Å². The molecular formula is C38H50N6O9. The number of esters is 1. The van der Waals surface area contributed by atoms with Gasteiger partial charge in [-0.1, -0.05) is 56.3 Å². The number of ether oxygens (including phenoxy) is 1. The molecule has 0 aliphatic carbocycles. The molecule has 7 unspecified atom stereocenters. The first-order valence-corrected chi connectivity index (χ1v) is 17.8. The van der Waals surface area contributed by atoms with Crippen LogP contribution in [0.15, 0.2) is 54.6 Å². The van der Waals surface area contributed by atoms with Gasteiger partial charge in [0.25, 0.3) is 0 Å². The molecule has 2 heterocycles. The molecule has 2 aromatic carbocycles. The van der Waals surface area contributed by atoms with Crippen LogP contribution < -0.4 is 21.3 Å². The normalized spacial score (nSPS) is 26.7. The number of fused-ring (bicyclic) bond motifs is 1. The van der Waals surface area contributed by atoms with Gasteiger partial charge in [0.15, 0.2) is 0 Å². The first kappa shape index (κ1) is 40.3. The summed E-state index contributed by atoms with van der Waals surface area (Å²) in [5.74, 6) is -5.12. The first-order valence-electron chi connectivity index (χ1n) is 17.8. The van der Waals surface area contributed by atoms with Gasteiger partial charge in [-0.25, -0.2) is 4.79 Å². The SMILES string of the molecule is CC(=O)NC1C(=O)NC(C(C)C)C(=O)N2CCCC2C(=O)NC(Cc2ccc(O)cc2)C(=O)N(C)C(Cc2ccccc2)C(=O)NC(C)C(=O)OC1C. The van der Waals surface area contributed by atoms with E-state index in [9.17, 15) is 38.7 Å². The number of hydrogen-bond acceptors (Lipinski definition) is 9. The van der Waals surface area contributed by atoms with Crippen molar-refractivity contribution in [1.29, 1.82) is 0 Å². The molecule has 4 rings (SSSR count). The number of hydrogen-bond donors (Lipinski definition) is 5. The molecule has 53 heavy (non-hydrogen) atoms. The zero-order valence-corrected chi connectivity index (χ0v) is 31.0. The van der Waals surface area contributed by atoms with Gasteiger partial charge in [-0.2, -0.15) is 0 Å². The maximum Gasteiger partial charge on any atom is 0.328 e. The van der Waals surface area contributed by atoms with Crippen LogP contribution in [0, 0.1) is 5.92 Å². The number of phenolic OH excluding ortho intramolecular Hbond substituents is 1. The Bertz CT molecular complexity index is 1670. The summed E-state index contributed by atoms with van der Waals surface area (Å²) in [6.45, 7) is 7.64. The monoisotopic (exact) mass is 734 g/mol. The van der Waals surface area contributed by atoms with Crippen LogP contribution in [0.2, 0.25) is 0 Å². The quantitative estimate of drug-likeness (QED) is 0.263. The zero-order valence-electron chi connectivity index (χ0n) is 31.0. The van der Waals surface area contributed by atoms with Crippen LogP contribution in [0.4, 0.5) is 0 Å². The largest absolute Gasteiger partial charge is 0.508 e. The number of aromatic hydroxyl groups is 1. The van der Waals surface area contributed by atoms with Gasteiger partial charge in [-0.15, -0.1) is 0 Å². The van der Waals surface area contributed by atoms with Gasteiger partial charge in [-0.3, -0.25) is 28.8 Å². The molecule has 2 aliphatic rings. The molecule has 0 aromatic heterocycles. The predicted octanol–water partition coefficient (Wildman–Crippen LogP) is 0.576. The van der Waals surface area contributed by atoms with Gasteiger partial charge in [0, 0.05) is 33.4 Å². The topological polar surface area (TPSA) is 204 Å². The Kier molecular flexibility index (Phi) is 13.6. The van der Waals surface area contributed by atoms with Gasteiger partial charge in [-0.05, 0) is 55.9 Å². The molecule has 7 atom stereocenters. The van der Waals surface area contributed by atoms with Gasteiger partial charge in [0.1, 0.15) is 48.1 Å². The van der Waals surface area contributed by atoms with Gasteiger partial charge >= 0.3 is 5.97 Å². The molecule has 286 valence electrons. The average Bonchev–Trinajstić information content (AvgIpc) is 3.61. The lowest BCUT2D eigenvalue weighted by molar-refractivity contribution is -0.156. The lowest BCUT2D eigenvalue weighted by Crippen LogP contribution is -2.61. The second-order valence-electron chi connectivity index (χ2n) is 14.1. The van der Waals surface area contributed by atoms with E-state index >= 15 is 0 Å². The Labute approximate surface area is 309 Å². The fourth-order valence-electron chi connectivity index (χ4n) is 6.55. The van der Waals surface area contributed by atoms with Crippen molar-refractivity contribution in [1.82, 2.24) is 31.1 Å². The molecule has 2 fully saturated rings. The summed E-state index contributed by atoms with van der Waals surface area (Å²) in [5.41, 5.74) is 1.33. The Morgan fingerprint density at radius 2 is 1.51 bits per heavy atom. The molecule has 15 heteroatoms. The van der Waals surface area contributed by atoms with Gasteiger partial charge in [0.2, 0.25) is 35.4 Å². The van der Waals surface area contributed by atoms with Crippen molar-refractivity contribution in [2.24, 2.45) is 5.92 Å². The van der Waals surface area contributed by atoms with Crippen LogP contribution in [0.1, 0.15) is 58.6 Å². The lowest BCUT2D eigenvalue weighted by atomic mass is 9.99. The Hall–Kier alpha value is -5.47. The van der Waals surface area contributed by atoms with Crippen molar-refractivity contribution >= 4 is 41.4 Å². The fraction of sp³-hybridized carbons (Fsp3) is 0.500. The smallest absolute Gasteiger partial charge is 0.328 e. The lowest BCUT2D eigenvalue weighted by Gasteiger charge is -2.33. The van der Waals surface area contributed by atoms with Gasteiger partial charge < -0.3 is 40.9 Å². The second kappa shape index (κ2) is 17.8. The molecule has 15 nitrogen and oxygen atoms in total. The number of benzene rings is 2. The standard InChI is InChI=1S/C38H50N6O9/c1-21(2)31-37(51)44-18-10-13-29(44)33(47)41-28(19-26-14-16-27(46)17-15-26)36(50)43(6)30(20-25-11-8-7-9-12-25)34(48)39-22(3)38(52)53-23(4)32(35(49)42-31)40-24(5)45/h7-9,11-12,14-17,21-23,28-32,46H,10,13,18-20H2,1-6H3,(H,39,48)(H,40,45)(H,41,47)(H,42,49). The third-order valence-electron chi connectivity index (χ3n) is 9.57. The highest BCUT2D eigenvalue weighted by molar-refractivity contribution is 5.97. The van der Waals surface area contributed by atoms with Crippen LogP contribution >= 0.6 is 0 Å². The van der Waals surface area contributed by atoms with E-state index < -0.39 is 89.7 Å². The van der Waals surface area contributed by atoms with E-state index in [2.05, 4.69) is 21.3 Å². The third-order valence-corrected chi connectivity index (χ3v) is 9.57. The fourth-order valence-corrected chi connectivity index (χ4v) is 6.55. The molecule has 5 N–H and O–H groups in total. The van der Waals surface area contributed by atoms with E-state index in [0.29, 0.717) is 18.4 Å². The van der Waals surface area contributed by atoms with E-state index in [-0.39, 0.29) is 25.1 Å². The van der Waals surface area contributed by atoms with Crippen molar-refractivity contribution in [2.75, 3.05) is 13.6 Å². The number of carbonyl (C=O) groups is 7.